The maximum Gasteiger partial charge on any atom is 0.213 e. The molecule has 0 N–H and O–H groups in total. The number of aryl methyl sites for hydroxylation is 1. The molecule has 20 heavy (non-hydrogen) atoms. The molecule has 112 valence electrons. The van der Waals surface area contributed by atoms with Crippen LogP contribution in [0.15, 0.2) is 18.2 Å². The Balaban J connectivity index is 2.13. The summed E-state index contributed by atoms with van der Waals surface area (Å²) in [6.07, 6.45) is 1.90. The molecule has 0 unspecified atom stereocenters. The molecule has 1 aromatic heterocycles. The Morgan fingerprint density at radius 3 is 2.85 bits per heavy atom. The molecule has 0 spiro atoms. The molecule has 1 fully saturated rings. The Bertz CT molecular complexity index is 559. The summed E-state index contributed by atoms with van der Waals surface area (Å²) in [7, 11) is -1.43. The number of rotatable bonds is 4. The van der Waals surface area contributed by atoms with Crippen LogP contribution in [0.4, 0.5) is 5.82 Å². The van der Waals surface area contributed by atoms with Gasteiger partial charge in [0, 0.05) is 31.9 Å². The van der Waals surface area contributed by atoms with Crippen LogP contribution in [0, 0.1) is 6.92 Å². The molecule has 1 saturated heterocycles. The van der Waals surface area contributed by atoms with Crippen molar-refractivity contribution >= 4 is 15.8 Å². The van der Waals surface area contributed by atoms with Crippen LogP contribution in [0.2, 0.25) is 0 Å². The number of anilines is 1. The van der Waals surface area contributed by atoms with Gasteiger partial charge in [0.15, 0.2) is 0 Å². The normalized spacial score (nSPS) is 20.4. The largest absolute Gasteiger partial charge is 0.355 e. The first kappa shape index (κ1) is 15.3. The van der Waals surface area contributed by atoms with E-state index in [0.717, 1.165) is 30.9 Å². The third-order valence-corrected chi connectivity index (χ3v) is 5.82. The molecule has 1 atom stereocenters. The standard InChI is InChI=1S/C14H23N3O2S/c1-4-20(18,19)16(3)13-8-6-10-17(11-13)14-9-5-7-12(2)15-14/h5,7,9,13H,4,6,8,10-11H2,1-3H3/t13-/m1/s1. The number of likely N-dealkylation sites (N-methyl/N-ethyl adjacent to an activating group) is 1. The fourth-order valence-electron chi connectivity index (χ4n) is 2.60. The fraction of sp³-hybridized carbons (Fsp3) is 0.643. The summed E-state index contributed by atoms with van der Waals surface area (Å²) in [5, 5.41) is 0. The number of sulfonamides is 1. The van der Waals surface area contributed by atoms with Gasteiger partial charge in [0.1, 0.15) is 5.82 Å². The van der Waals surface area contributed by atoms with E-state index in [9.17, 15) is 8.42 Å². The molecule has 0 radical (unpaired) electrons. The molecular weight excluding hydrogens is 274 g/mol. The van der Waals surface area contributed by atoms with Crippen molar-refractivity contribution in [1.82, 2.24) is 9.29 Å². The van der Waals surface area contributed by atoms with E-state index in [-0.39, 0.29) is 11.8 Å². The Labute approximate surface area is 121 Å². The maximum atomic E-state index is 12.0. The van der Waals surface area contributed by atoms with Crippen LogP contribution in [0.3, 0.4) is 0 Å². The van der Waals surface area contributed by atoms with Gasteiger partial charge in [-0.3, -0.25) is 0 Å². The highest BCUT2D eigenvalue weighted by atomic mass is 32.2. The van der Waals surface area contributed by atoms with Gasteiger partial charge < -0.3 is 4.90 Å². The molecule has 0 amide bonds. The van der Waals surface area contributed by atoms with E-state index >= 15 is 0 Å². The van der Waals surface area contributed by atoms with Crippen molar-refractivity contribution in [2.45, 2.75) is 32.7 Å². The van der Waals surface area contributed by atoms with Crippen molar-refractivity contribution in [3.8, 4) is 0 Å². The zero-order valence-corrected chi connectivity index (χ0v) is 13.2. The van der Waals surface area contributed by atoms with Crippen molar-refractivity contribution in [2.24, 2.45) is 0 Å². The summed E-state index contributed by atoms with van der Waals surface area (Å²) in [6, 6.07) is 5.99. The minimum absolute atomic E-state index is 0.0380. The fourth-order valence-corrected chi connectivity index (χ4v) is 3.63. The lowest BCUT2D eigenvalue weighted by molar-refractivity contribution is 0.320. The van der Waals surface area contributed by atoms with E-state index < -0.39 is 10.0 Å². The van der Waals surface area contributed by atoms with E-state index in [2.05, 4.69) is 9.88 Å². The van der Waals surface area contributed by atoms with Crippen LogP contribution in [-0.4, -0.2) is 49.6 Å². The minimum Gasteiger partial charge on any atom is -0.355 e. The van der Waals surface area contributed by atoms with Gasteiger partial charge in [0.05, 0.1) is 5.75 Å². The van der Waals surface area contributed by atoms with Crippen molar-refractivity contribution in [3.05, 3.63) is 23.9 Å². The minimum atomic E-state index is -3.13. The molecule has 1 aliphatic rings. The predicted octanol–water partition coefficient (Wildman–Crippen LogP) is 1.64. The highest BCUT2D eigenvalue weighted by Crippen LogP contribution is 2.22. The van der Waals surface area contributed by atoms with Gasteiger partial charge in [-0.2, -0.15) is 0 Å². The van der Waals surface area contributed by atoms with Gasteiger partial charge in [-0.15, -0.1) is 0 Å². The SMILES string of the molecule is CCS(=O)(=O)N(C)[C@@H]1CCCN(c2cccc(C)n2)C1. The van der Waals surface area contributed by atoms with E-state index in [1.54, 1.807) is 14.0 Å². The van der Waals surface area contributed by atoms with Gasteiger partial charge in [-0.05, 0) is 38.8 Å². The number of pyridine rings is 1. The van der Waals surface area contributed by atoms with E-state index in [1.807, 2.05) is 25.1 Å². The van der Waals surface area contributed by atoms with Gasteiger partial charge in [-0.1, -0.05) is 6.07 Å². The van der Waals surface area contributed by atoms with Crippen LogP contribution in [0.5, 0.6) is 0 Å². The first-order chi connectivity index (χ1) is 9.44. The zero-order chi connectivity index (χ0) is 14.8. The van der Waals surface area contributed by atoms with Crippen LogP contribution >= 0.6 is 0 Å². The molecule has 2 rings (SSSR count). The van der Waals surface area contributed by atoms with Gasteiger partial charge in [0.2, 0.25) is 10.0 Å². The molecule has 5 nitrogen and oxygen atoms in total. The second-order valence-electron chi connectivity index (χ2n) is 5.30. The maximum absolute atomic E-state index is 12.0. The number of hydrogen-bond donors (Lipinski definition) is 0. The molecule has 0 bridgehead atoms. The molecule has 0 saturated carbocycles. The number of aromatic nitrogens is 1. The van der Waals surface area contributed by atoms with E-state index in [0.29, 0.717) is 6.54 Å². The lowest BCUT2D eigenvalue weighted by Crippen LogP contribution is -2.49. The topological polar surface area (TPSA) is 53.5 Å². The van der Waals surface area contributed by atoms with Crippen LogP contribution in [0.1, 0.15) is 25.5 Å². The summed E-state index contributed by atoms with van der Waals surface area (Å²) in [6.45, 7) is 5.31. The summed E-state index contributed by atoms with van der Waals surface area (Å²) < 4.78 is 25.5. The Kier molecular flexibility index (Phi) is 4.65. The average molecular weight is 297 g/mol. The highest BCUT2D eigenvalue weighted by molar-refractivity contribution is 7.89. The summed E-state index contributed by atoms with van der Waals surface area (Å²) >= 11 is 0. The quantitative estimate of drug-likeness (QED) is 0.848. The molecule has 0 aromatic carbocycles. The van der Waals surface area contributed by atoms with Crippen molar-refractivity contribution in [2.75, 3.05) is 30.8 Å². The Morgan fingerprint density at radius 1 is 1.45 bits per heavy atom. The van der Waals surface area contributed by atoms with Crippen LogP contribution < -0.4 is 4.90 Å². The number of piperidine rings is 1. The molecule has 6 heteroatoms. The lowest BCUT2D eigenvalue weighted by Gasteiger charge is -2.37. The van der Waals surface area contributed by atoms with Gasteiger partial charge >= 0.3 is 0 Å². The zero-order valence-electron chi connectivity index (χ0n) is 12.4. The lowest BCUT2D eigenvalue weighted by atomic mass is 10.1. The van der Waals surface area contributed by atoms with E-state index in [1.165, 1.54) is 4.31 Å². The molecular formula is C14H23N3O2S. The molecule has 0 aliphatic carbocycles. The van der Waals surface area contributed by atoms with Gasteiger partial charge in [-0.25, -0.2) is 17.7 Å². The summed E-state index contributed by atoms with van der Waals surface area (Å²) in [4.78, 5) is 6.71. The Morgan fingerprint density at radius 2 is 2.20 bits per heavy atom. The number of hydrogen-bond acceptors (Lipinski definition) is 4. The third kappa shape index (κ3) is 3.30. The highest BCUT2D eigenvalue weighted by Gasteiger charge is 2.29. The summed E-state index contributed by atoms with van der Waals surface area (Å²) in [5.74, 6) is 1.10. The monoisotopic (exact) mass is 297 g/mol. The Hall–Kier alpha value is -1.14. The second-order valence-corrected chi connectivity index (χ2v) is 7.61. The van der Waals surface area contributed by atoms with Crippen LogP contribution in [0.25, 0.3) is 0 Å². The van der Waals surface area contributed by atoms with Gasteiger partial charge in [0.25, 0.3) is 0 Å². The summed E-state index contributed by atoms with van der Waals surface area (Å²) in [5.41, 5.74) is 0.985. The van der Waals surface area contributed by atoms with E-state index in [4.69, 9.17) is 0 Å². The average Bonchev–Trinajstić information content (AvgIpc) is 2.46. The number of nitrogens with zero attached hydrogens (tertiary/aromatic N) is 3. The second kappa shape index (κ2) is 6.10. The molecule has 2 heterocycles. The van der Waals surface area contributed by atoms with Crippen molar-refractivity contribution < 1.29 is 8.42 Å². The first-order valence-corrected chi connectivity index (χ1v) is 8.69. The first-order valence-electron chi connectivity index (χ1n) is 7.08. The third-order valence-electron chi connectivity index (χ3n) is 3.91. The molecule has 1 aliphatic heterocycles. The predicted molar refractivity (Wildman–Crippen MR) is 81.4 cm³/mol. The smallest absolute Gasteiger partial charge is 0.213 e. The van der Waals surface area contributed by atoms with Crippen LogP contribution in [-0.2, 0) is 10.0 Å². The van der Waals surface area contributed by atoms with Crippen molar-refractivity contribution in [1.29, 1.82) is 0 Å². The molecule has 1 aromatic rings. The van der Waals surface area contributed by atoms with Crippen molar-refractivity contribution in [3.63, 3.8) is 0 Å².